The number of ether oxygens (including phenoxy) is 17. The van der Waals surface area contributed by atoms with Gasteiger partial charge in [0.1, 0.15) is 214 Å². The largest absolute Gasteiger partial charge is 0.477 e. The topological polar surface area (TPSA) is 799 Å². The molecule has 30 N–H and O–H groups in total. The summed E-state index contributed by atoms with van der Waals surface area (Å²) >= 11 is 0. The van der Waals surface area contributed by atoms with Gasteiger partial charge in [0.05, 0.1) is 65.6 Å². The first-order valence-corrected chi connectivity index (χ1v) is 34.7. The zero-order chi connectivity index (χ0) is 81.1. The van der Waals surface area contributed by atoms with E-state index in [1.807, 2.05) is 0 Å². The van der Waals surface area contributed by atoms with Gasteiger partial charge in [0.2, 0.25) is 11.8 Å². The van der Waals surface area contributed by atoms with Gasteiger partial charge in [0.25, 0.3) is 5.79 Å². The average molecular weight is 1620 g/mol. The van der Waals surface area contributed by atoms with Crippen LogP contribution in [0.25, 0.3) is 0 Å². The molecule has 638 valence electrons. The molecule has 0 unspecified atom stereocenters. The summed E-state index contributed by atoms with van der Waals surface area (Å²) in [6.45, 7) is -8.56. The van der Waals surface area contributed by atoms with Gasteiger partial charge in [-0.25, -0.2) is 4.79 Å². The Labute approximate surface area is 620 Å². The smallest absolute Gasteiger partial charge is 0.364 e. The van der Waals surface area contributed by atoms with Crippen LogP contribution >= 0.6 is 0 Å². The van der Waals surface area contributed by atoms with Crippen molar-refractivity contribution in [1.29, 1.82) is 0 Å². The molecule has 2 amide bonds. The van der Waals surface area contributed by atoms with E-state index < -0.39 is 359 Å². The van der Waals surface area contributed by atoms with Crippen LogP contribution in [-0.2, 0) is 94.9 Å². The van der Waals surface area contributed by atoms with Gasteiger partial charge in [-0.05, 0) is 0 Å². The van der Waals surface area contributed by atoms with Crippen molar-refractivity contribution in [3.8, 4) is 0 Å². The molecule has 9 aliphatic rings. The Hall–Kier alpha value is -3.35. The second kappa shape index (κ2) is 38.8. The van der Waals surface area contributed by atoms with Crippen molar-refractivity contribution in [3.63, 3.8) is 0 Å². The zero-order valence-electron chi connectivity index (χ0n) is 58.2. The molecule has 0 aromatic heterocycles. The van der Waals surface area contributed by atoms with E-state index in [0.29, 0.717) is 0 Å². The molecule has 9 aliphatic heterocycles. The summed E-state index contributed by atoms with van der Waals surface area (Å²) in [5, 5.41) is 313. The highest BCUT2D eigenvalue weighted by Gasteiger charge is 2.62. The molecule has 110 heavy (non-hydrogen) atoms. The fourth-order valence-electron chi connectivity index (χ4n) is 14.1. The van der Waals surface area contributed by atoms with Gasteiger partial charge in [-0.3, -0.25) is 9.59 Å². The third-order valence-corrected chi connectivity index (χ3v) is 20.1. The van der Waals surface area contributed by atoms with Crippen LogP contribution in [0.1, 0.15) is 20.3 Å². The van der Waals surface area contributed by atoms with E-state index in [1.165, 1.54) is 0 Å². The van der Waals surface area contributed by atoms with Crippen LogP contribution in [0.5, 0.6) is 0 Å². The lowest BCUT2D eigenvalue weighted by Crippen LogP contribution is -2.70. The third-order valence-electron chi connectivity index (χ3n) is 20.1. The van der Waals surface area contributed by atoms with Gasteiger partial charge in [-0.1, -0.05) is 0 Å². The Morgan fingerprint density at radius 1 is 0.355 bits per heavy atom. The highest BCUT2D eigenvalue weighted by molar-refractivity contribution is 5.75. The summed E-state index contributed by atoms with van der Waals surface area (Å²) in [7, 11) is 0. The molecule has 0 aliphatic carbocycles. The van der Waals surface area contributed by atoms with Crippen LogP contribution in [0, 0.1) is 0 Å². The molecule has 0 radical (unpaired) electrons. The number of aliphatic hydroxyl groups excluding tert-OH is 26. The first kappa shape index (κ1) is 90.6. The molecular weight excluding hydrogens is 1520 g/mol. The Bertz CT molecular complexity index is 2890. The number of hydrogen-bond acceptors (Lipinski definition) is 47. The summed E-state index contributed by atoms with van der Waals surface area (Å²) in [5.74, 6) is -7.19. The molecule has 45 atom stereocenters. The maximum atomic E-state index is 12.7. The molecule has 0 aromatic carbocycles. The van der Waals surface area contributed by atoms with Gasteiger partial charge in [-0.15, -0.1) is 0 Å². The lowest BCUT2D eigenvalue weighted by Gasteiger charge is -2.52. The second-order valence-electron chi connectivity index (χ2n) is 27.7. The Kier molecular flexibility index (Phi) is 32.0. The highest BCUT2D eigenvalue weighted by Crippen LogP contribution is 2.41. The van der Waals surface area contributed by atoms with E-state index in [-0.39, 0.29) is 0 Å². The van der Waals surface area contributed by atoms with Gasteiger partial charge in [-0.2, -0.15) is 0 Å². The fourth-order valence-corrected chi connectivity index (χ4v) is 14.1. The predicted octanol–water partition coefficient (Wildman–Crippen LogP) is -20.5. The van der Waals surface area contributed by atoms with Crippen molar-refractivity contribution in [2.75, 3.05) is 59.5 Å². The fraction of sp³-hybridized carbons (Fsp3) is 0.950. The number of carbonyl (C=O) groups excluding carboxylic acids is 2. The van der Waals surface area contributed by atoms with Crippen LogP contribution in [0.15, 0.2) is 0 Å². The number of hydrogen-bond donors (Lipinski definition) is 30. The lowest BCUT2D eigenvalue weighted by molar-refractivity contribution is -0.412. The molecule has 9 fully saturated rings. The van der Waals surface area contributed by atoms with E-state index in [2.05, 4.69) is 10.6 Å². The van der Waals surface area contributed by atoms with Crippen LogP contribution in [0.3, 0.4) is 0 Å². The molecule has 9 saturated heterocycles. The lowest BCUT2D eigenvalue weighted by atomic mass is 9.92. The van der Waals surface area contributed by atoms with Crippen molar-refractivity contribution in [3.05, 3.63) is 0 Å². The summed E-state index contributed by atoms with van der Waals surface area (Å²) in [4.78, 5) is 37.0. The third kappa shape index (κ3) is 19.3. The monoisotopic (exact) mass is 1620 g/mol. The quantitative estimate of drug-likeness (QED) is 0.0331. The minimum Gasteiger partial charge on any atom is -0.477 e. The van der Waals surface area contributed by atoms with Crippen molar-refractivity contribution >= 4 is 17.8 Å². The minimum absolute atomic E-state index is 0.786. The van der Waals surface area contributed by atoms with E-state index in [1.54, 1.807) is 0 Å². The number of carboxylic acid groups (broad SMARTS) is 1. The van der Waals surface area contributed by atoms with Gasteiger partial charge < -0.3 is 234 Å². The number of carbonyl (C=O) groups is 3. The van der Waals surface area contributed by atoms with Crippen LogP contribution in [0.4, 0.5) is 0 Å². The molecule has 9 rings (SSSR count). The number of amides is 2. The SMILES string of the molecule is CC(=O)N[C@H]1[C@H](O[C@@H]2[C@H](O)[C@@H](O)[C@H](O[C@H]3[C@H](O)[C@@H](O)[C@@H](O[C@H]4[C@H](OC[C@H]5O[C@H](O[C@H]6[C@@H]([C@H](O)CO)O[C@@](O)(C(=O)O)C[C@H]6O)[C@H](O)[C@@H](O[C@@H]6O[C@H](CO)[C@@H](O)[C@H](O)[C@H]6O)[C@@H]5O[C@@H]5O[C@H](CO)[C@@H](O)[C@H](O)[C@H]5O[C@H]5O[C@H](CO)[C@@H](O)[C@H](O)[C@H]5NC(C)=O)O[C@H](CO)[C@@H](O)[C@@H]4O)O[C@@H]3CO)O[C@@H]2CO)O[C@H](CO)[C@H](O)[C@@H]1O. The first-order chi connectivity index (χ1) is 52.0. The second-order valence-corrected chi connectivity index (χ2v) is 27.7. The van der Waals surface area contributed by atoms with E-state index in [9.17, 15) is 157 Å². The Balaban J connectivity index is 1.06. The van der Waals surface area contributed by atoms with Crippen LogP contribution in [-0.4, -0.2) is 496 Å². The molecule has 9 heterocycles. The van der Waals surface area contributed by atoms with Gasteiger partial charge >= 0.3 is 5.97 Å². The summed E-state index contributed by atoms with van der Waals surface area (Å²) in [5.41, 5.74) is 0. The number of nitrogens with one attached hydrogen (secondary N) is 2. The normalized spacial score (nSPS) is 50.0. The van der Waals surface area contributed by atoms with E-state index >= 15 is 0 Å². The molecular formula is C60H100N2O48. The van der Waals surface area contributed by atoms with Crippen molar-refractivity contribution in [2.24, 2.45) is 0 Å². The molecule has 0 aromatic rings. The van der Waals surface area contributed by atoms with E-state index in [0.717, 1.165) is 13.8 Å². The van der Waals surface area contributed by atoms with Crippen molar-refractivity contribution in [1.82, 2.24) is 10.6 Å². The summed E-state index contributed by atoms with van der Waals surface area (Å²) in [6.07, 6.45) is -93.5. The molecule has 50 heteroatoms. The number of aliphatic hydroxyl groups is 27. The van der Waals surface area contributed by atoms with Crippen LogP contribution in [0.2, 0.25) is 0 Å². The maximum Gasteiger partial charge on any atom is 0.364 e. The predicted molar refractivity (Wildman–Crippen MR) is 331 cm³/mol. The van der Waals surface area contributed by atoms with Crippen LogP contribution < -0.4 is 10.6 Å². The first-order valence-electron chi connectivity index (χ1n) is 34.7. The molecule has 0 spiro atoms. The molecule has 50 nitrogen and oxygen atoms in total. The highest BCUT2D eigenvalue weighted by atomic mass is 16.8. The molecule has 0 bridgehead atoms. The Morgan fingerprint density at radius 3 is 1.09 bits per heavy atom. The van der Waals surface area contributed by atoms with Gasteiger partial charge in [0, 0.05) is 20.3 Å². The number of carboxylic acids is 1. The van der Waals surface area contributed by atoms with Gasteiger partial charge in [0.15, 0.2) is 50.3 Å². The minimum atomic E-state index is -3.35. The average Bonchev–Trinajstić information content (AvgIpc) is 0.756. The maximum absolute atomic E-state index is 12.7. The standard InChI is InChI=1S/C60H100N2O48/c1-13(71)61-25-32(80)27(75)17(5-64)95-51(25)104-45-22(10-69)100-54(40(88)37(45)85)105-46-23(11-70)101-55(41(89)38(46)86)109-49-35(83)30(78)20(8-67)98-57(49)94-12-24-47(106-58-50(36(84)31(79)21(9-68)99-58)108-52-26(62-14(2)72)33(81)28(76)18(6-65)96-52)48(107-53-39(87)34(82)29(77)19(7-66)97-53)42(90)56(102-24)103-43-15(73)3-60(93,59(91)92)110-44(43)16(74)4-63/h15-58,63-70,73-90,93H,3-12H2,1-2H3,(H,61,71)(H,62,72)(H,91,92)/t15-,16-,17-,18-,19-,20-,21-,22-,23-,24-,25-,26-,27+,28-,29-,30-,31-,32-,33-,34+,35+,36+,37-,38-,39-,40-,41-,42-,43-,44-,45+,46-,47-,48-,49-,50-,51+,52-,53+,54+,55-,56-,57-,58+,60-/m1/s1. The summed E-state index contributed by atoms with van der Waals surface area (Å²) < 4.78 is 100. The van der Waals surface area contributed by atoms with Crippen molar-refractivity contribution in [2.45, 2.75) is 296 Å². The molecule has 0 saturated carbocycles. The van der Waals surface area contributed by atoms with E-state index in [4.69, 9.17) is 80.5 Å². The zero-order valence-corrected chi connectivity index (χ0v) is 58.2. The number of rotatable bonds is 29. The number of aliphatic carboxylic acids is 1. The summed E-state index contributed by atoms with van der Waals surface area (Å²) in [6, 6.07) is -3.47. The Morgan fingerprint density at radius 2 is 0.664 bits per heavy atom. The van der Waals surface area contributed by atoms with Crippen molar-refractivity contribution < 1.29 is 238 Å².